The highest BCUT2D eigenvalue weighted by Crippen LogP contribution is 2.42. The van der Waals surface area contributed by atoms with Gasteiger partial charge < -0.3 is 31.9 Å². The summed E-state index contributed by atoms with van der Waals surface area (Å²) < 4.78 is 16.7. The van der Waals surface area contributed by atoms with Crippen LogP contribution < -0.4 is 22.1 Å². The van der Waals surface area contributed by atoms with Crippen LogP contribution in [0.3, 0.4) is 0 Å². The summed E-state index contributed by atoms with van der Waals surface area (Å²) in [7, 11) is 0. The molecule has 6 fully saturated rings. The second-order valence-electron chi connectivity index (χ2n) is 18.6. The Kier molecular flexibility index (Phi) is 16.4. The highest BCUT2D eigenvalue weighted by Gasteiger charge is 2.55. The summed E-state index contributed by atoms with van der Waals surface area (Å²) >= 11 is 6.96. The number of allylic oxidation sites excluding steroid dienone is 1. The van der Waals surface area contributed by atoms with Gasteiger partial charge in [0.2, 0.25) is 11.8 Å². The van der Waals surface area contributed by atoms with Crippen molar-refractivity contribution in [3.63, 3.8) is 0 Å². The fourth-order valence-corrected chi connectivity index (χ4v) is 11.7. The van der Waals surface area contributed by atoms with Crippen LogP contribution in [0.5, 0.6) is 0 Å². The summed E-state index contributed by atoms with van der Waals surface area (Å²) in [6, 6.07) is -0.245. The number of carbonyl (C=O) groups is 2. The molecule has 4 saturated heterocycles. The average molecular weight is 804 g/mol. The highest BCUT2D eigenvalue weighted by atomic mass is 35.5. The number of hydrogen-bond donors (Lipinski definition) is 4. The second kappa shape index (κ2) is 20.9. The minimum atomic E-state index is -1.35. The van der Waals surface area contributed by atoms with E-state index in [4.69, 9.17) is 23.1 Å². The SMILES string of the molecule is CCCC/C=C(\NCC(Cl)CC[C@H](C)C1CCCC1)C(C(=O)NC1(C2CCCCC2)CN=CC(F)C1N1CCC(C(=O)N2CCN3CCC2CC3)CC1)C(N)N. The van der Waals surface area contributed by atoms with Crippen LogP contribution in [-0.2, 0) is 9.59 Å². The van der Waals surface area contributed by atoms with E-state index in [0.29, 0.717) is 56.7 Å². The highest BCUT2D eigenvalue weighted by molar-refractivity contribution is 6.20. The van der Waals surface area contributed by atoms with Crippen molar-refractivity contribution in [3.8, 4) is 0 Å². The number of aliphatic imine (C=N–C) groups is 1. The van der Waals surface area contributed by atoms with Crippen LogP contribution >= 0.6 is 11.6 Å². The molecule has 2 amide bonds. The largest absolute Gasteiger partial charge is 0.386 e. The normalized spacial score (nSPS) is 31.7. The number of piperidine rings is 2. The van der Waals surface area contributed by atoms with Crippen molar-refractivity contribution >= 4 is 29.6 Å². The number of fused-ring (bicyclic) bond motifs is 4. The molecule has 318 valence electrons. The standard InChI is InChI=1S/C44H76ClFN8O2/c1-3-4-6-15-38(50-28-35(45)17-16-31(2)32-11-9-10-12-32)39(41(47)48)42(55)51-44(34-13-7-5-8-14-34)30-49-29-37(46)40(44)53-24-18-33(19-25-53)43(56)54-27-26-52-22-20-36(54)21-23-52/h15,29,31-37,39-41,50H,3-14,16-28,30,47-48H2,1-2H3,(H,51,55)/b38-15-/t31-,35?,37?,39?,40?,44?/m0/s1. The number of carbonyl (C=O) groups excluding carboxylic acids is 2. The minimum absolute atomic E-state index is 0.0504. The second-order valence-corrected chi connectivity index (χ2v) is 19.2. The predicted molar refractivity (Wildman–Crippen MR) is 226 cm³/mol. The number of hydrogen-bond acceptors (Lipinski definition) is 8. The van der Waals surface area contributed by atoms with Gasteiger partial charge >= 0.3 is 0 Å². The van der Waals surface area contributed by atoms with Gasteiger partial charge in [-0.1, -0.05) is 77.7 Å². The molecule has 5 unspecified atom stereocenters. The minimum Gasteiger partial charge on any atom is -0.386 e. The first kappa shape index (κ1) is 43.8. The van der Waals surface area contributed by atoms with Crippen molar-refractivity contribution < 1.29 is 14.0 Å². The Labute approximate surface area is 342 Å². The first-order valence-electron chi connectivity index (χ1n) is 22.9. The number of halogens is 2. The molecule has 0 aromatic heterocycles. The van der Waals surface area contributed by atoms with E-state index in [2.05, 4.69) is 50.2 Å². The summed E-state index contributed by atoms with van der Waals surface area (Å²) in [5.74, 6) is 0.644. The summed E-state index contributed by atoms with van der Waals surface area (Å²) in [6.45, 7) is 10.5. The number of amides is 2. The molecule has 6 N–H and O–H groups in total. The molecule has 7 aliphatic rings. The zero-order valence-corrected chi connectivity index (χ0v) is 35.6. The molecule has 6 atom stereocenters. The molecule has 12 heteroatoms. The Balaban J connectivity index is 1.18. The van der Waals surface area contributed by atoms with Crippen molar-refractivity contribution in [1.82, 2.24) is 25.3 Å². The van der Waals surface area contributed by atoms with E-state index in [1.165, 1.54) is 31.9 Å². The first-order chi connectivity index (χ1) is 27.1. The van der Waals surface area contributed by atoms with E-state index >= 15 is 4.39 Å². The van der Waals surface area contributed by atoms with E-state index in [0.717, 1.165) is 109 Å². The third kappa shape index (κ3) is 10.7. The van der Waals surface area contributed by atoms with Gasteiger partial charge in [-0.15, -0.1) is 11.6 Å². The van der Waals surface area contributed by atoms with Gasteiger partial charge in [-0.05, 0) is 88.6 Å². The zero-order chi connectivity index (χ0) is 39.7. The molecule has 0 aromatic rings. The number of nitrogens with zero attached hydrogens (tertiary/aromatic N) is 4. The molecule has 7 rings (SSSR count). The number of nitrogens with one attached hydrogen (secondary N) is 2. The van der Waals surface area contributed by atoms with Gasteiger partial charge in [-0.2, -0.15) is 0 Å². The van der Waals surface area contributed by atoms with E-state index in [1.807, 2.05) is 0 Å². The lowest BCUT2D eigenvalue weighted by atomic mass is 9.67. The molecule has 0 radical (unpaired) electrons. The van der Waals surface area contributed by atoms with Crippen LogP contribution in [0.1, 0.15) is 129 Å². The van der Waals surface area contributed by atoms with E-state index in [-0.39, 0.29) is 29.0 Å². The lowest BCUT2D eigenvalue weighted by Crippen LogP contribution is -2.74. The number of rotatable bonds is 17. The smallest absolute Gasteiger partial charge is 0.232 e. The molecule has 56 heavy (non-hydrogen) atoms. The maximum absolute atomic E-state index is 16.7. The topological polar surface area (TPSA) is 132 Å². The van der Waals surface area contributed by atoms with Gasteiger partial charge in [0.1, 0.15) is 5.92 Å². The van der Waals surface area contributed by atoms with Crippen LogP contribution in [-0.4, -0.2) is 120 Å². The van der Waals surface area contributed by atoms with Crippen molar-refractivity contribution in [2.75, 3.05) is 52.4 Å². The van der Waals surface area contributed by atoms with E-state index in [1.54, 1.807) is 0 Å². The molecular formula is C44H76ClFN8O2. The fraction of sp³-hybridized carbons (Fsp3) is 0.886. The van der Waals surface area contributed by atoms with Crippen LogP contribution in [0.25, 0.3) is 0 Å². The summed E-state index contributed by atoms with van der Waals surface area (Å²) in [5.41, 5.74) is 12.9. The van der Waals surface area contributed by atoms with Gasteiger partial charge in [0, 0.05) is 56.6 Å². The lowest BCUT2D eigenvalue weighted by Gasteiger charge is -2.54. The maximum atomic E-state index is 16.7. The van der Waals surface area contributed by atoms with Crippen molar-refractivity contribution in [2.45, 2.75) is 165 Å². The molecule has 2 saturated carbocycles. The number of likely N-dealkylation sites (tertiary alicyclic amines) is 1. The molecule has 2 bridgehead atoms. The molecule has 5 aliphatic heterocycles. The van der Waals surface area contributed by atoms with Crippen molar-refractivity contribution in [2.24, 2.45) is 46.0 Å². The van der Waals surface area contributed by atoms with Crippen LogP contribution in [0.2, 0.25) is 0 Å². The molecule has 10 nitrogen and oxygen atoms in total. The monoisotopic (exact) mass is 803 g/mol. The van der Waals surface area contributed by atoms with E-state index in [9.17, 15) is 9.59 Å². The quantitative estimate of drug-likeness (QED) is 0.0810. The van der Waals surface area contributed by atoms with Crippen LogP contribution in [0, 0.1) is 29.6 Å². The van der Waals surface area contributed by atoms with Gasteiger partial charge in [0.25, 0.3) is 0 Å². The zero-order valence-electron chi connectivity index (χ0n) is 34.8. The number of nitrogens with two attached hydrogens (primary N) is 2. The van der Waals surface area contributed by atoms with Gasteiger partial charge in [-0.3, -0.25) is 19.5 Å². The summed E-state index contributed by atoms with van der Waals surface area (Å²) in [5, 5.41) is 6.98. The Morgan fingerprint density at radius 1 is 0.946 bits per heavy atom. The molecule has 0 spiro atoms. The van der Waals surface area contributed by atoms with Gasteiger partial charge in [-0.25, -0.2) is 4.39 Å². The van der Waals surface area contributed by atoms with Crippen molar-refractivity contribution in [3.05, 3.63) is 11.8 Å². The Morgan fingerprint density at radius 3 is 2.32 bits per heavy atom. The van der Waals surface area contributed by atoms with Crippen LogP contribution in [0.4, 0.5) is 4.39 Å². The number of unbranched alkanes of at least 4 members (excludes halogenated alkanes) is 2. The molecule has 5 heterocycles. The summed E-state index contributed by atoms with van der Waals surface area (Å²) in [6.07, 6.45) is 19.9. The number of alkyl halides is 2. The van der Waals surface area contributed by atoms with E-state index < -0.39 is 29.8 Å². The molecule has 2 aliphatic carbocycles. The van der Waals surface area contributed by atoms with Crippen LogP contribution in [0.15, 0.2) is 16.8 Å². The Bertz CT molecular complexity index is 1310. The fourth-order valence-electron chi connectivity index (χ4n) is 11.5. The van der Waals surface area contributed by atoms with Gasteiger partial charge in [0.15, 0.2) is 6.17 Å². The first-order valence-corrected chi connectivity index (χ1v) is 23.4. The predicted octanol–water partition coefficient (Wildman–Crippen LogP) is 5.97. The third-order valence-electron chi connectivity index (χ3n) is 14.9. The Hall–Kier alpha value is -1.79. The third-order valence-corrected chi connectivity index (χ3v) is 15.3. The maximum Gasteiger partial charge on any atom is 0.232 e. The Morgan fingerprint density at radius 2 is 1.64 bits per heavy atom. The van der Waals surface area contributed by atoms with Gasteiger partial charge in [0.05, 0.1) is 29.7 Å². The molecule has 0 aromatic carbocycles. The average Bonchev–Trinajstić information content (AvgIpc) is 3.59. The molecular weight excluding hydrogens is 727 g/mol. The summed E-state index contributed by atoms with van der Waals surface area (Å²) in [4.78, 5) is 40.4. The van der Waals surface area contributed by atoms with Crippen molar-refractivity contribution in [1.29, 1.82) is 0 Å². The lowest BCUT2D eigenvalue weighted by molar-refractivity contribution is -0.140.